The zero-order chi connectivity index (χ0) is 23.1. The minimum Gasteiger partial charge on any atom is -0.494 e. The van der Waals surface area contributed by atoms with Gasteiger partial charge in [-0.05, 0) is 61.4 Å². The number of benzene rings is 3. The van der Waals surface area contributed by atoms with Crippen molar-refractivity contribution in [1.82, 2.24) is 4.90 Å². The van der Waals surface area contributed by atoms with Gasteiger partial charge in [0.05, 0.1) is 18.2 Å². The Labute approximate surface area is 185 Å². The lowest BCUT2D eigenvalue weighted by atomic mass is 10.1. The van der Waals surface area contributed by atoms with Crippen LogP contribution in [0.15, 0.2) is 78.9 Å². The molecule has 0 spiro atoms. The number of urea groups is 1. The normalized spacial score (nSPS) is 12.2. The van der Waals surface area contributed by atoms with Gasteiger partial charge < -0.3 is 15.0 Å². The fraction of sp³-hybridized carbons (Fsp3) is 0.240. The Balaban J connectivity index is 1.81. The summed E-state index contributed by atoms with van der Waals surface area (Å²) in [5, 5.41) is 2.72. The topological polar surface area (TPSA) is 41.6 Å². The summed E-state index contributed by atoms with van der Waals surface area (Å²) < 4.78 is 43.9. The SMILES string of the molecule is CCOc1ccc(CN(C(=O)Nc2ccc(C(F)(F)F)cc2)C(C)c2ccccc2)cc1. The Hall–Kier alpha value is -3.48. The summed E-state index contributed by atoms with van der Waals surface area (Å²) >= 11 is 0. The Kier molecular flexibility index (Phi) is 7.41. The third kappa shape index (κ3) is 6.03. The molecule has 3 rings (SSSR count). The van der Waals surface area contributed by atoms with Crippen LogP contribution in [-0.4, -0.2) is 17.5 Å². The first kappa shape index (κ1) is 23.2. The van der Waals surface area contributed by atoms with E-state index >= 15 is 0 Å². The zero-order valence-electron chi connectivity index (χ0n) is 17.9. The summed E-state index contributed by atoms with van der Waals surface area (Å²) in [5.41, 5.74) is 1.37. The van der Waals surface area contributed by atoms with Gasteiger partial charge in [0.2, 0.25) is 0 Å². The van der Waals surface area contributed by atoms with E-state index in [1.54, 1.807) is 4.90 Å². The van der Waals surface area contributed by atoms with Gasteiger partial charge in [-0.2, -0.15) is 13.2 Å². The number of carbonyl (C=O) groups excluding carboxylic acids is 1. The molecule has 3 aromatic rings. The Morgan fingerprint density at radius 3 is 2.16 bits per heavy atom. The molecule has 1 atom stereocenters. The molecule has 0 aliphatic rings. The van der Waals surface area contributed by atoms with Crippen molar-refractivity contribution in [1.29, 1.82) is 0 Å². The van der Waals surface area contributed by atoms with Crippen LogP contribution in [0.4, 0.5) is 23.7 Å². The second-order valence-corrected chi connectivity index (χ2v) is 7.30. The third-order valence-electron chi connectivity index (χ3n) is 5.06. The van der Waals surface area contributed by atoms with Gasteiger partial charge in [-0.1, -0.05) is 42.5 Å². The van der Waals surface area contributed by atoms with Crippen LogP contribution >= 0.6 is 0 Å². The number of alkyl halides is 3. The Morgan fingerprint density at radius 1 is 0.969 bits per heavy atom. The molecule has 0 saturated heterocycles. The number of hydrogen-bond acceptors (Lipinski definition) is 2. The molecule has 0 radical (unpaired) electrons. The van der Waals surface area contributed by atoms with Crippen LogP contribution in [0.1, 0.15) is 36.6 Å². The van der Waals surface area contributed by atoms with Crippen molar-refractivity contribution in [3.05, 3.63) is 95.6 Å². The molecule has 0 fully saturated rings. The summed E-state index contributed by atoms with van der Waals surface area (Å²) in [6.07, 6.45) is -4.43. The van der Waals surface area contributed by atoms with E-state index in [4.69, 9.17) is 4.74 Å². The van der Waals surface area contributed by atoms with Crippen LogP contribution in [0, 0.1) is 0 Å². The molecule has 4 nitrogen and oxygen atoms in total. The van der Waals surface area contributed by atoms with Gasteiger partial charge in [0.25, 0.3) is 0 Å². The highest BCUT2D eigenvalue weighted by Crippen LogP contribution is 2.30. The number of nitrogens with zero attached hydrogens (tertiary/aromatic N) is 1. The number of amides is 2. The van der Waals surface area contributed by atoms with Crippen LogP contribution < -0.4 is 10.1 Å². The first-order valence-electron chi connectivity index (χ1n) is 10.3. The second-order valence-electron chi connectivity index (χ2n) is 7.30. The lowest BCUT2D eigenvalue weighted by Gasteiger charge is -2.30. The smallest absolute Gasteiger partial charge is 0.416 e. The van der Waals surface area contributed by atoms with Crippen molar-refractivity contribution < 1.29 is 22.7 Å². The van der Waals surface area contributed by atoms with Crippen LogP contribution in [0.5, 0.6) is 5.75 Å². The fourth-order valence-electron chi connectivity index (χ4n) is 3.29. The molecule has 0 aromatic heterocycles. The van der Waals surface area contributed by atoms with Crippen LogP contribution in [0.2, 0.25) is 0 Å². The van der Waals surface area contributed by atoms with Crippen molar-refractivity contribution in [3.8, 4) is 5.75 Å². The van der Waals surface area contributed by atoms with E-state index in [0.29, 0.717) is 18.8 Å². The van der Waals surface area contributed by atoms with Crippen LogP contribution in [-0.2, 0) is 12.7 Å². The van der Waals surface area contributed by atoms with Crippen molar-refractivity contribution in [2.45, 2.75) is 32.6 Å². The van der Waals surface area contributed by atoms with Crippen molar-refractivity contribution in [2.75, 3.05) is 11.9 Å². The summed E-state index contributed by atoms with van der Waals surface area (Å²) in [6, 6.07) is 20.8. The van der Waals surface area contributed by atoms with Crippen molar-refractivity contribution in [2.24, 2.45) is 0 Å². The van der Waals surface area contributed by atoms with E-state index in [1.807, 2.05) is 68.4 Å². The summed E-state index contributed by atoms with van der Waals surface area (Å²) in [4.78, 5) is 14.8. The number of anilines is 1. The van der Waals surface area contributed by atoms with E-state index in [-0.39, 0.29) is 6.04 Å². The minimum atomic E-state index is -4.43. The molecule has 3 aromatic carbocycles. The Bertz CT molecular complexity index is 1000. The quantitative estimate of drug-likeness (QED) is 0.432. The molecular weight excluding hydrogens is 417 g/mol. The van der Waals surface area contributed by atoms with E-state index < -0.39 is 17.8 Å². The average Bonchev–Trinajstić information content (AvgIpc) is 2.78. The largest absolute Gasteiger partial charge is 0.494 e. The fourth-order valence-corrected chi connectivity index (χ4v) is 3.29. The highest BCUT2D eigenvalue weighted by molar-refractivity contribution is 5.89. The van der Waals surface area contributed by atoms with Crippen molar-refractivity contribution >= 4 is 11.7 Å². The molecule has 0 heterocycles. The maximum Gasteiger partial charge on any atom is 0.416 e. The van der Waals surface area contributed by atoms with Gasteiger partial charge in [0, 0.05) is 12.2 Å². The molecule has 7 heteroatoms. The van der Waals surface area contributed by atoms with Gasteiger partial charge in [-0.25, -0.2) is 4.79 Å². The summed E-state index contributed by atoms with van der Waals surface area (Å²) in [6.45, 7) is 4.69. The lowest BCUT2D eigenvalue weighted by Crippen LogP contribution is -2.36. The minimum absolute atomic E-state index is 0.266. The van der Waals surface area contributed by atoms with Gasteiger partial charge in [-0.3, -0.25) is 0 Å². The average molecular weight is 442 g/mol. The standard InChI is InChI=1S/C25H25F3N2O2/c1-3-32-23-15-9-19(10-16-23)17-30(18(2)20-7-5-4-6-8-20)24(31)29-22-13-11-21(12-14-22)25(26,27)28/h4-16,18H,3,17H2,1-2H3,(H,29,31). The predicted octanol–water partition coefficient (Wildman–Crippen LogP) is 6.90. The number of rotatable bonds is 7. The monoisotopic (exact) mass is 442 g/mol. The molecule has 0 aliphatic carbocycles. The first-order chi connectivity index (χ1) is 15.3. The molecule has 1 N–H and O–H groups in total. The number of hydrogen-bond donors (Lipinski definition) is 1. The highest BCUT2D eigenvalue weighted by Gasteiger charge is 2.30. The molecule has 0 bridgehead atoms. The summed E-state index contributed by atoms with van der Waals surface area (Å²) in [5.74, 6) is 0.744. The second kappa shape index (κ2) is 10.2. The molecule has 32 heavy (non-hydrogen) atoms. The Morgan fingerprint density at radius 2 is 1.59 bits per heavy atom. The van der Waals surface area contributed by atoms with Crippen LogP contribution in [0.25, 0.3) is 0 Å². The van der Waals surface area contributed by atoms with Gasteiger partial charge in [0.1, 0.15) is 5.75 Å². The molecule has 1 unspecified atom stereocenters. The number of ether oxygens (including phenoxy) is 1. The molecule has 2 amide bonds. The van der Waals surface area contributed by atoms with E-state index in [2.05, 4.69) is 5.32 Å². The lowest BCUT2D eigenvalue weighted by molar-refractivity contribution is -0.137. The molecular formula is C25H25F3N2O2. The summed E-state index contributed by atoms with van der Waals surface area (Å²) in [7, 11) is 0. The van der Waals surface area contributed by atoms with E-state index in [0.717, 1.165) is 29.0 Å². The van der Waals surface area contributed by atoms with Crippen molar-refractivity contribution in [3.63, 3.8) is 0 Å². The first-order valence-corrected chi connectivity index (χ1v) is 10.3. The van der Waals surface area contributed by atoms with E-state index in [1.165, 1.54) is 12.1 Å². The number of carbonyl (C=O) groups is 1. The molecule has 0 saturated carbocycles. The maximum atomic E-state index is 13.2. The molecule has 0 aliphatic heterocycles. The van der Waals surface area contributed by atoms with Gasteiger partial charge in [0.15, 0.2) is 0 Å². The number of halogens is 3. The van der Waals surface area contributed by atoms with Gasteiger partial charge >= 0.3 is 12.2 Å². The highest BCUT2D eigenvalue weighted by atomic mass is 19.4. The van der Waals surface area contributed by atoms with E-state index in [9.17, 15) is 18.0 Å². The third-order valence-corrected chi connectivity index (χ3v) is 5.06. The van der Waals surface area contributed by atoms with Gasteiger partial charge in [-0.15, -0.1) is 0 Å². The number of nitrogens with one attached hydrogen (secondary N) is 1. The van der Waals surface area contributed by atoms with Crippen LogP contribution in [0.3, 0.4) is 0 Å². The zero-order valence-corrected chi connectivity index (χ0v) is 17.9. The maximum absolute atomic E-state index is 13.2. The predicted molar refractivity (Wildman–Crippen MR) is 118 cm³/mol. The molecule has 168 valence electrons.